The van der Waals surface area contributed by atoms with Crippen LogP contribution in [0.5, 0.6) is 0 Å². The van der Waals surface area contributed by atoms with Gasteiger partial charge in [0, 0.05) is 0 Å². The Morgan fingerprint density at radius 2 is 1.87 bits per heavy atom. The van der Waals surface area contributed by atoms with Crippen LogP contribution in [-0.2, 0) is 0 Å². The summed E-state index contributed by atoms with van der Waals surface area (Å²) < 4.78 is 0. The Hall–Kier alpha value is 0. The lowest BCUT2D eigenvalue weighted by molar-refractivity contribution is 0.0483. The van der Waals surface area contributed by atoms with Crippen molar-refractivity contribution in [2.45, 2.75) is 47.0 Å². The van der Waals surface area contributed by atoms with Crippen LogP contribution >= 0.6 is 0 Å². The van der Waals surface area contributed by atoms with Gasteiger partial charge < -0.3 is 0 Å². The molecular formula is C15H24. The van der Waals surface area contributed by atoms with Crippen LogP contribution in [0.4, 0.5) is 0 Å². The van der Waals surface area contributed by atoms with Crippen LogP contribution in [0.15, 0.2) is 0 Å². The van der Waals surface area contributed by atoms with Crippen LogP contribution in [0.2, 0.25) is 0 Å². The van der Waals surface area contributed by atoms with E-state index in [2.05, 4.69) is 27.7 Å². The summed E-state index contributed by atoms with van der Waals surface area (Å²) in [6.07, 6.45) is 4.68. The summed E-state index contributed by atoms with van der Waals surface area (Å²) in [5.74, 6) is 6.57. The van der Waals surface area contributed by atoms with Crippen LogP contribution in [0.25, 0.3) is 0 Å². The molecule has 0 aliphatic heterocycles. The van der Waals surface area contributed by atoms with Gasteiger partial charge in [0.15, 0.2) is 0 Å². The molecule has 5 unspecified atom stereocenters. The van der Waals surface area contributed by atoms with Crippen LogP contribution in [0, 0.1) is 46.3 Å². The van der Waals surface area contributed by atoms with E-state index in [-0.39, 0.29) is 0 Å². The Bertz CT molecular complexity index is 329. The maximum Gasteiger partial charge on any atom is -0.0204 e. The molecule has 7 atom stereocenters. The first kappa shape index (κ1) is 9.07. The SMILES string of the molecule is CC(C)C1CC[C@@]2(C)C3CC4C(C13)[C@]42C. The molecule has 0 spiro atoms. The van der Waals surface area contributed by atoms with Crippen LogP contribution < -0.4 is 0 Å². The largest absolute Gasteiger partial charge is 0.0625 e. The van der Waals surface area contributed by atoms with Gasteiger partial charge in [-0.1, -0.05) is 27.7 Å². The molecule has 0 heterocycles. The predicted molar refractivity (Wildman–Crippen MR) is 62.4 cm³/mol. The van der Waals surface area contributed by atoms with Crippen LogP contribution in [0.3, 0.4) is 0 Å². The highest BCUT2D eigenvalue weighted by Crippen LogP contribution is 2.91. The van der Waals surface area contributed by atoms with Crippen LogP contribution in [0.1, 0.15) is 47.0 Å². The first-order valence-corrected chi connectivity index (χ1v) is 7.02. The van der Waals surface area contributed by atoms with E-state index >= 15 is 0 Å². The van der Waals surface area contributed by atoms with Gasteiger partial charge in [-0.25, -0.2) is 0 Å². The fourth-order valence-electron chi connectivity index (χ4n) is 6.72. The van der Waals surface area contributed by atoms with Crippen molar-refractivity contribution < 1.29 is 0 Å². The Balaban J connectivity index is 1.80. The zero-order valence-corrected chi connectivity index (χ0v) is 10.6. The zero-order chi connectivity index (χ0) is 10.6. The summed E-state index contributed by atoms with van der Waals surface area (Å²) in [5.41, 5.74) is 1.56. The fraction of sp³-hybridized carbons (Fsp3) is 1.00. The molecule has 15 heavy (non-hydrogen) atoms. The zero-order valence-electron chi connectivity index (χ0n) is 10.6. The topological polar surface area (TPSA) is 0 Å². The molecule has 0 nitrogen and oxygen atoms in total. The molecule has 84 valence electrons. The fourth-order valence-corrected chi connectivity index (χ4v) is 6.72. The molecule has 6 bridgehead atoms. The smallest absolute Gasteiger partial charge is 0.0204 e. The van der Waals surface area contributed by atoms with E-state index in [1.54, 1.807) is 12.8 Å². The predicted octanol–water partition coefficient (Wildman–Crippen LogP) is 3.96. The summed E-state index contributed by atoms with van der Waals surface area (Å²) >= 11 is 0. The standard InChI is InChI=1S/C15H24/c1-8(2)9-5-6-14(3)10-7-11-13(12(9)10)15(11,14)4/h8-13H,5-7H2,1-4H3/t9?,10?,11?,12?,13?,14-,15-/m0/s1. The molecule has 5 fully saturated rings. The van der Waals surface area contributed by atoms with E-state index in [0.29, 0.717) is 0 Å². The van der Waals surface area contributed by atoms with E-state index in [1.165, 1.54) is 6.42 Å². The van der Waals surface area contributed by atoms with Crippen molar-refractivity contribution in [1.82, 2.24) is 0 Å². The molecule has 0 aromatic carbocycles. The van der Waals surface area contributed by atoms with Crippen molar-refractivity contribution in [2.24, 2.45) is 46.3 Å². The molecule has 0 aromatic rings. The molecule has 0 aromatic heterocycles. The minimum absolute atomic E-state index is 0.762. The lowest BCUT2D eigenvalue weighted by atomic mass is 9.61. The molecule has 0 heteroatoms. The molecule has 0 N–H and O–H groups in total. The van der Waals surface area contributed by atoms with E-state index in [1.807, 2.05) is 0 Å². The highest BCUT2D eigenvalue weighted by atomic mass is 14.9. The van der Waals surface area contributed by atoms with Gasteiger partial charge in [-0.3, -0.25) is 0 Å². The number of hydrogen-bond donors (Lipinski definition) is 0. The highest BCUT2D eigenvalue weighted by Gasteiger charge is 2.86. The van der Waals surface area contributed by atoms with Gasteiger partial charge in [0.2, 0.25) is 0 Å². The Labute approximate surface area is 93.8 Å². The van der Waals surface area contributed by atoms with Crippen molar-refractivity contribution in [3.63, 3.8) is 0 Å². The molecular weight excluding hydrogens is 180 g/mol. The van der Waals surface area contributed by atoms with Gasteiger partial charge in [0.1, 0.15) is 0 Å². The third-order valence-electron chi connectivity index (χ3n) is 7.57. The maximum absolute atomic E-state index is 2.63. The highest BCUT2D eigenvalue weighted by molar-refractivity contribution is 5.33. The lowest BCUT2D eigenvalue weighted by Gasteiger charge is -2.44. The molecule has 0 radical (unpaired) electrons. The second-order valence-electron chi connectivity index (χ2n) is 7.70. The first-order chi connectivity index (χ1) is 7.02. The maximum atomic E-state index is 2.63. The van der Waals surface area contributed by atoms with Crippen molar-refractivity contribution in [3.8, 4) is 0 Å². The van der Waals surface area contributed by atoms with Crippen molar-refractivity contribution in [2.75, 3.05) is 0 Å². The second kappa shape index (κ2) is 2.17. The van der Waals surface area contributed by atoms with Gasteiger partial charge in [0.25, 0.3) is 0 Å². The molecule has 0 saturated heterocycles. The minimum Gasteiger partial charge on any atom is -0.0625 e. The summed E-state index contributed by atoms with van der Waals surface area (Å²) in [4.78, 5) is 0. The van der Waals surface area contributed by atoms with Crippen LogP contribution in [-0.4, -0.2) is 0 Å². The third-order valence-corrected chi connectivity index (χ3v) is 7.57. The lowest BCUT2D eigenvalue weighted by Crippen LogP contribution is -2.37. The second-order valence-corrected chi connectivity index (χ2v) is 7.70. The van der Waals surface area contributed by atoms with E-state index in [4.69, 9.17) is 0 Å². The Morgan fingerprint density at radius 1 is 1.13 bits per heavy atom. The monoisotopic (exact) mass is 204 g/mol. The van der Waals surface area contributed by atoms with Gasteiger partial charge in [0.05, 0.1) is 0 Å². The van der Waals surface area contributed by atoms with E-state index < -0.39 is 0 Å². The quantitative estimate of drug-likeness (QED) is 0.606. The van der Waals surface area contributed by atoms with Gasteiger partial charge >= 0.3 is 0 Å². The Kier molecular flexibility index (Phi) is 1.31. The van der Waals surface area contributed by atoms with Crippen molar-refractivity contribution >= 4 is 0 Å². The molecule has 5 saturated carbocycles. The van der Waals surface area contributed by atoms with Crippen molar-refractivity contribution in [1.29, 1.82) is 0 Å². The molecule has 5 aliphatic rings. The van der Waals surface area contributed by atoms with E-state index in [0.717, 1.165) is 46.3 Å². The molecule has 0 amide bonds. The molecule has 5 rings (SSSR count). The summed E-state index contributed by atoms with van der Waals surface area (Å²) in [7, 11) is 0. The van der Waals surface area contributed by atoms with Gasteiger partial charge in [-0.2, -0.15) is 0 Å². The minimum atomic E-state index is 0.762. The average molecular weight is 204 g/mol. The molecule has 5 aliphatic carbocycles. The van der Waals surface area contributed by atoms with Gasteiger partial charge in [-0.15, -0.1) is 0 Å². The normalized spacial score (nSPS) is 69.0. The van der Waals surface area contributed by atoms with E-state index in [9.17, 15) is 0 Å². The summed E-state index contributed by atoms with van der Waals surface area (Å²) in [6, 6.07) is 0. The summed E-state index contributed by atoms with van der Waals surface area (Å²) in [5, 5.41) is 0. The van der Waals surface area contributed by atoms with Gasteiger partial charge in [-0.05, 0) is 65.6 Å². The first-order valence-electron chi connectivity index (χ1n) is 7.02. The van der Waals surface area contributed by atoms with Crippen molar-refractivity contribution in [3.05, 3.63) is 0 Å². The Morgan fingerprint density at radius 3 is 2.47 bits per heavy atom. The summed E-state index contributed by atoms with van der Waals surface area (Å²) in [6.45, 7) is 10.2. The average Bonchev–Trinajstić information content (AvgIpc) is 2.49. The number of rotatable bonds is 1. The number of hydrogen-bond acceptors (Lipinski definition) is 0. The third kappa shape index (κ3) is 0.666.